The Bertz CT molecular complexity index is 469. The summed E-state index contributed by atoms with van der Waals surface area (Å²) in [6.45, 7) is 2.70. The molecule has 1 amide bonds. The highest BCUT2D eigenvalue weighted by molar-refractivity contribution is 7.14. The lowest BCUT2D eigenvalue weighted by Crippen LogP contribution is -2.48. The first-order valence-corrected chi connectivity index (χ1v) is 7.46. The smallest absolute Gasteiger partial charge is 0.328 e. The van der Waals surface area contributed by atoms with Crippen molar-refractivity contribution in [2.45, 2.75) is 38.6 Å². The molecule has 2 rings (SSSR count). The van der Waals surface area contributed by atoms with Gasteiger partial charge >= 0.3 is 5.97 Å². The second-order valence-electron chi connectivity index (χ2n) is 4.65. The zero-order valence-corrected chi connectivity index (χ0v) is 12.2. The van der Waals surface area contributed by atoms with Crippen LogP contribution in [0.5, 0.6) is 0 Å². The molecule has 0 saturated carbocycles. The van der Waals surface area contributed by atoms with Crippen LogP contribution in [-0.2, 0) is 16.0 Å². The largest absolute Gasteiger partial charge is 0.467 e. The monoisotopic (exact) mass is 281 g/mol. The second-order valence-corrected chi connectivity index (χ2v) is 5.82. The average molecular weight is 281 g/mol. The van der Waals surface area contributed by atoms with Crippen molar-refractivity contribution in [3.8, 4) is 0 Å². The van der Waals surface area contributed by atoms with E-state index < -0.39 is 6.04 Å². The van der Waals surface area contributed by atoms with Gasteiger partial charge in [-0.2, -0.15) is 0 Å². The van der Waals surface area contributed by atoms with Crippen molar-refractivity contribution in [2.24, 2.45) is 0 Å². The maximum Gasteiger partial charge on any atom is 0.328 e. The maximum absolute atomic E-state index is 12.5. The molecule has 0 bridgehead atoms. The van der Waals surface area contributed by atoms with Crippen LogP contribution >= 0.6 is 11.3 Å². The number of nitrogens with zero attached hydrogens (tertiary/aromatic N) is 1. The summed E-state index contributed by atoms with van der Waals surface area (Å²) in [5.41, 5.74) is 0. The zero-order valence-electron chi connectivity index (χ0n) is 11.3. The first-order valence-electron chi connectivity index (χ1n) is 6.65. The molecule has 19 heavy (non-hydrogen) atoms. The van der Waals surface area contributed by atoms with Gasteiger partial charge in [-0.05, 0) is 37.8 Å². The molecule has 1 aliphatic heterocycles. The third-order valence-electron chi connectivity index (χ3n) is 3.46. The number of thiophene rings is 1. The topological polar surface area (TPSA) is 46.6 Å². The number of esters is 1. The molecule has 1 aromatic rings. The normalized spacial score (nSPS) is 19.3. The average Bonchev–Trinajstić information content (AvgIpc) is 2.94. The molecule has 1 aliphatic rings. The minimum atomic E-state index is -0.418. The van der Waals surface area contributed by atoms with Gasteiger partial charge in [-0.1, -0.05) is 6.92 Å². The Balaban J connectivity index is 2.17. The van der Waals surface area contributed by atoms with Gasteiger partial charge < -0.3 is 9.64 Å². The molecular weight excluding hydrogens is 262 g/mol. The highest BCUT2D eigenvalue weighted by atomic mass is 32.1. The number of carbonyl (C=O) groups excluding carboxylic acids is 2. The Hall–Kier alpha value is -1.36. The van der Waals surface area contributed by atoms with Gasteiger partial charge in [0.1, 0.15) is 6.04 Å². The summed E-state index contributed by atoms with van der Waals surface area (Å²) in [6, 6.07) is 3.42. The predicted molar refractivity (Wildman–Crippen MR) is 74.4 cm³/mol. The SMILES string of the molecule is CCc1ccc(C(=O)N2CCCC[C@H]2C(=O)OC)s1. The number of methoxy groups -OCH3 is 1. The van der Waals surface area contributed by atoms with E-state index in [-0.39, 0.29) is 11.9 Å². The van der Waals surface area contributed by atoms with Gasteiger partial charge in [-0.25, -0.2) is 4.79 Å². The molecule has 1 fully saturated rings. The Morgan fingerprint density at radius 2 is 2.21 bits per heavy atom. The van der Waals surface area contributed by atoms with E-state index in [1.54, 1.807) is 4.90 Å². The van der Waals surface area contributed by atoms with Crippen LogP contribution in [0.4, 0.5) is 0 Å². The number of hydrogen-bond donors (Lipinski definition) is 0. The molecule has 1 saturated heterocycles. The molecular formula is C14H19NO3S. The van der Waals surface area contributed by atoms with E-state index in [1.807, 2.05) is 12.1 Å². The van der Waals surface area contributed by atoms with Crippen molar-refractivity contribution in [1.82, 2.24) is 4.90 Å². The van der Waals surface area contributed by atoms with Crippen molar-refractivity contribution in [1.29, 1.82) is 0 Å². The van der Waals surface area contributed by atoms with E-state index in [0.717, 1.165) is 19.3 Å². The Morgan fingerprint density at radius 1 is 1.42 bits per heavy atom. The fourth-order valence-electron chi connectivity index (χ4n) is 2.38. The zero-order chi connectivity index (χ0) is 13.8. The van der Waals surface area contributed by atoms with E-state index in [9.17, 15) is 9.59 Å². The lowest BCUT2D eigenvalue weighted by Gasteiger charge is -2.33. The molecule has 0 aliphatic carbocycles. The van der Waals surface area contributed by atoms with Crippen molar-refractivity contribution in [3.63, 3.8) is 0 Å². The highest BCUT2D eigenvalue weighted by Crippen LogP contribution is 2.24. The van der Waals surface area contributed by atoms with Gasteiger partial charge in [0.2, 0.25) is 0 Å². The summed E-state index contributed by atoms with van der Waals surface area (Å²) < 4.78 is 4.80. The van der Waals surface area contributed by atoms with Crippen molar-refractivity contribution in [3.05, 3.63) is 21.9 Å². The third-order valence-corrected chi connectivity index (χ3v) is 4.68. The highest BCUT2D eigenvalue weighted by Gasteiger charge is 2.33. The molecule has 104 valence electrons. The fourth-order valence-corrected chi connectivity index (χ4v) is 3.28. The minimum Gasteiger partial charge on any atom is -0.467 e. The molecule has 1 atom stereocenters. The molecule has 2 heterocycles. The van der Waals surface area contributed by atoms with E-state index in [1.165, 1.54) is 23.3 Å². The van der Waals surface area contributed by atoms with Crippen LogP contribution in [0.1, 0.15) is 40.7 Å². The first-order chi connectivity index (χ1) is 9.17. The third kappa shape index (κ3) is 2.97. The summed E-state index contributed by atoms with van der Waals surface area (Å²) in [4.78, 5) is 27.8. The molecule has 0 spiro atoms. The van der Waals surface area contributed by atoms with Gasteiger partial charge in [0, 0.05) is 11.4 Å². The van der Waals surface area contributed by atoms with Gasteiger partial charge in [0.05, 0.1) is 12.0 Å². The van der Waals surface area contributed by atoms with E-state index in [0.29, 0.717) is 17.8 Å². The number of amides is 1. The summed E-state index contributed by atoms with van der Waals surface area (Å²) in [5, 5.41) is 0. The van der Waals surface area contributed by atoms with Crippen LogP contribution in [0.15, 0.2) is 12.1 Å². The lowest BCUT2D eigenvalue weighted by molar-refractivity contribution is -0.147. The number of hydrogen-bond acceptors (Lipinski definition) is 4. The molecule has 0 N–H and O–H groups in total. The standard InChI is InChI=1S/C14H19NO3S/c1-3-10-7-8-12(19-10)13(16)15-9-5-4-6-11(15)14(17)18-2/h7-8,11H,3-6,9H2,1-2H3/t11-/m0/s1. The number of likely N-dealkylation sites (tertiary alicyclic amines) is 1. The molecule has 0 unspecified atom stereocenters. The quantitative estimate of drug-likeness (QED) is 0.800. The summed E-state index contributed by atoms with van der Waals surface area (Å²) in [6.07, 6.45) is 3.54. The van der Waals surface area contributed by atoms with Crippen LogP contribution < -0.4 is 0 Å². The van der Waals surface area contributed by atoms with Crippen molar-refractivity contribution >= 4 is 23.2 Å². The number of aryl methyl sites for hydroxylation is 1. The van der Waals surface area contributed by atoms with Crippen LogP contribution in [0.2, 0.25) is 0 Å². The molecule has 5 heteroatoms. The molecule has 0 aromatic carbocycles. The van der Waals surface area contributed by atoms with E-state index in [4.69, 9.17) is 4.74 Å². The molecule has 4 nitrogen and oxygen atoms in total. The van der Waals surface area contributed by atoms with Gasteiger partial charge in [0.15, 0.2) is 0 Å². The van der Waals surface area contributed by atoms with Crippen LogP contribution in [-0.4, -0.2) is 36.5 Å². The number of piperidine rings is 1. The first kappa shape index (κ1) is 14.1. The van der Waals surface area contributed by atoms with Crippen LogP contribution in [0, 0.1) is 0 Å². The number of ether oxygens (including phenoxy) is 1. The van der Waals surface area contributed by atoms with E-state index >= 15 is 0 Å². The summed E-state index contributed by atoms with van der Waals surface area (Å²) in [5.74, 6) is -0.347. The van der Waals surface area contributed by atoms with Gasteiger partial charge in [-0.15, -0.1) is 11.3 Å². The summed E-state index contributed by atoms with van der Waals surface area (Å²) in [7, 11) is 1.37. The van der Waals surface area contributed by atoms with Gasteiger partial charge in [-0.3, -0.25) is 4.79 Å². The van der Waals surface area contributed by atoms with Crippen LogP contribution in [0.3, 0.4) is 0 Å². The maximum atomic E-state index is 12.5. The molecule has 1 aromatic heterocycles. The number of carbonyl (C=O) groups is 2. The second kappa shape index (κ2) is 6.19. The predicted octanol–water partition coefficient (Wildman–Crippen LogP) is 2.48. The van der Waals surface area contributed by atoms with E-state index in [2.05, 4.69) is 6.92 Å². The Labute approximate surface area is 117 Å². The number of rotatable bonds is 3. The molecule has 0 radical (unpaired) electrons. The summed E-state index contributed by atoms with van der Waals surface area (Å²) >= 11 is 1.51. The van der Waals surface area contributed by atoms with Crippen molar-refractivity contribution in [2.75, 3.05) is 13.7 Å². The van der Waals surface area contributed by atoms with Gasteiger partial charge in [0.25, 0.3) is 5.91 Å². The Kier molecular flexibility index (Phi) is 4.58. The fraction of sp³-hybridized carbons (Fsp3) is 0.571. The Morgan fingerprint density at radius 3 is 2.84 bits per heavy atom. The minimum absolute atomic E-state index is 0.0419. The lowest BCUT2D eigenvalue weighted by atomic mass is 10.0. The van der Waals surface area contributed by atoms with Crippen LogP contribution in [0.25, 0.3) is 0 Å². The van der Waals surface area contributed by atoms with Crippen molar-refractivity contribution < 1.29 is 14.3 Å².